The van der Waals surface area contributed by atoms with Crippen molar-refractivity contribution in [3.8, 4) is 11.6 Å². The first kappa shape index (κ1) is 16.9. The van der Waals surface area contributed by atoms with Gasteiger partial charge in [0.15, 0.2) is 5.76 Å². The molecule has 1 amide bonds. The van der Waals surface area contributed by atoms with Gasteiger partial charge in [0.05, 0.1) is 22.1 Å². The first-order valence-electron chi connectivity index (χ1n) is 6.60. The maximum Gasteiger partial charge on any atom is 0.433 e. The van der Waals surface area contributed by atoms with E-state index in [1.165, 1.54) is 24.4 Å². The van der Waals surface area contributed by atoms with Crippen LogP contribution in [-0.4, -0.2) is 32.1 Å². The molecular weight excluding hydrogens is 372 g/mol. The zero-order valence-corrected chi connectivity index (χ0v) is 13.2. The molecule has 3 aromatic rings. The van der Waals surface area contributed by atoms with E-state index < -0.39 is 27.5 Å². The first-order valence-corrected chi connectivity index (χ1v) is 7.41. The minimum Gasteiger partial charge on any atom is -0.397 e. The van der Waals surface area contributed by atoms with Crippen molar-refractivity contribution >= 4 is 34.3 Å². The van der Waals surface area contributed by atoms with E-state index in [0.717, 1.165) is 17.4 Å². The molecule has 0 spiro atoms. The van der Waals surface area contributed by atoms with Crippen LogP contribution < -0.4 is 5.43 Å². The van der Waals surface area contributed by atoms with Crippen molar-refractivity contribution in [3.05, 3.63) is 55.3 Å². The summed E-state index contributed by atoms with van der Waals surface area (Å²) in [6.45, 7) is 0. The summed E-state index contributed by atoms with van der Waals surface area (Å²) in [7, 11) is 0. The SMILES string of the molecule is O=C(N/N=C\c1ccc([N+](=O)[O-])s1)c1nc(-c2ccc([N+](=O)[O-])o2)no1. The zero-order valence-electron chi connectivity index (χ0n) is 12.4. The molecule has 26 heavy (non-hydrogen) atoms. The molecule has 0 atom stereocenters. The van der Waals surface area contributed by atoms with Gasteiger partial charge in [-0.2, -0.15) is 10.1 Å². The van der Waals surface area contributed by atoms with Crippen molar-refractivity contribution in [2.75, 3.05) is 0 Å². The van der Waals surface area contributed by atoms with Gasteiger partial charge in [0.2, 0.25) is 5.82 Å². The summed E-state index contributed by atoms with van der Waals surface area (Å²) in [5.74, 6) is -2.00. The molecule has 14 heteroatoms. The second kappa shape index (κ2) is 6.89. The predicted molar refractivity (Wildman–Crippen MR) is 84.7 cm³/mol. The average Bonchev–Trinajstić information content (AvgIpc) is 3.33. The Kier molecular flexibility index (Phi) is 4.48. The molecule has 3 heterocycles. The molecule has 0 aromatic carbocycles. The van der Waals surface area contributed by atoms with Crippen molar-refractivity contribution in [2.24, 2.45) is 5.10 Å². The molecule has 132 valence electrons. The van der Waals surface area contributed by atoms with Crippen molar-refractivity contribution in [1.29, 1.82) is 0 Å². The van der Waals surface area contributed by atoms with E-state index in [9.17, 15) is 25.0 Å². The summed E-state index contributed by atoms with van der Waals surface area (Å²) in [4.78, 5) is 35.9. The largest absolute Gasteiger partial charge is 0.433 e. The highest BCUT2D eigenvalue weighted by Crippen LogP contribution is 2.24. The normalized spacial score (nSPS) is 10.9. The molecule has 0 aliphatic carbocycles. The Morgan fingerprint density at radius 2 is 2.04 bits per heavy atom. The van der Waals surface area contributed by atoms with Crippen LogP contribution in [0, 0.1) is 20.2 Å². The molecular formula is C12H6N6O7S. The van der Waals surface area contributed by atoms with Gasteiger partial charge in [0, 0.05) is 6.07 Å². The van der Waals surface area contributed by atoms with E-state index in [2.05, 4.69) is 20.7 Å². The van der Waals surface area contributed by atoms with Crippen LogP contribution in [0.3, 0.4) is 0 Å². The molecule has 0 aliphatic heterocycles. The second-order valence-corrected chi connectivity index (χ2v) is 5.54. The van der Waals surface area contributed by atoms with E-state index >= 15 is 0 Å². The molecule has 1 N–H and O–H groups in total. The van der Waals surface area contributed by atoms with Gasteiger partial charge in [-0.1, -0.05) is 16.5 Å². The molecule has 0 fully saturated rings. The number of carbonyl (C=O) groups is 1. The maximum atomic E-state index is 11.8. The lowest BCUT2D eigenvalue weighted by molar-refractivity contribution is -0.401. The van der Waals surface area contributed by atoms with Gasteiger partial charge >= 0.3 is 22.7 Å². The molecule has 0 saturated heterocycles. The van der Waals surface area contributed by atoms with Crippen LogP contribution in [0.25, 0.3) is 11.6 Å². The number of furan rings is 1. The van der Waals surface area contributed by atoms with Crippen LogP contribution in [0.15, 0.2) is 38.3 Å². The van der Waals surface area contributed by atoms with E-state index in [4.69, 9.17) is 8.94 Å². The number of amides is 1. The molecule has 3 aromatic heterocycles. The van der Waals surface area contributed by atoms with E-state index in [1.807, 2.05) is 0 Å². The average molecular weight is 378 g/mol. The minimum absolute atomic E-state index is 0.0473. The van der Waals surface area contributed by atoms with Crippen LogP contribution in [0.2, 0.25) is 0 Å². The molecule has 13 nitrogen and oxygen atoms in total. The lowest BCUT2D eigenvalue weighted by atomic mass is 10.4. The molecule has 0 bridgehead atoms. The number of aromatic nitrogens is 2. The number of hydrazone groups is 1. The molecule has 0 radical (unpaired) electrons. The number of nitrogens with zero attached hydrogens (tertiary/aromatic N) is 5. The van der Waals surface area contributed by atoms with Crippen molar-refractivity contribution in [2.45, 2.75) is 0 Å². The Bertz CT molecular complexity index is 1020. The van der Waals surface area contributed by atoms with Crippen LogP contribution >= 0.6 is 11.3 Å². The number of nitrogens with one attached hydrogen (secondary N) is 1. The summed E-state index contributed by atoms with van der Waals surface area (Å²) in [5, 5.41) is 28.2. The zero-order chi connectivity index (χ0) is 18.7. The molecule has 0 saturated carbocycles. The van der Waals surface area contributed by atoms with Gasteiger partial charge in [-0.3, -0.25) is 25.0 Å². The number of nitro groups is 2. The Balaban J connectivity index is 1.64. The number of hydrogen-bond acceptors (Lipinski definition) is 11. The number of thiophene rings is 1. The van der Waals surface area contributed by atoms with E-state index in [1.54, 1.807) is 0 Å². The summed E-state index contributed by atoms with van der Waals surface area (Å²) >= 11 is 0.876. The highest BCUT2D eigenvalue weighted by molar-refractivity contribution is 7.16. The third kappa shape index (κ3) is 3.59. The van der Waals surface area contributed by atoms with E-state index in [-0.39, 0.29) is 16.6 Å². The topological polar surface area (TPSA) is 180 Å². The lowest BCUT2D eigenvalue weighted by Gasteiger charge is -1.91. The Labute approximate surface area is 146 Å². The Morgan fingerprint density at radius 1 is 1.23 bits per heavy atom. The monoisotopic (exact) mass is 378 g/mol. The number of rotatable bonds is 6. The number of hydrogen-bond donors (Lipinski definition) is 1. The molecule has 0 unspecified atom stereocenters. The highest BCUT2D eigenvalue weighted by atomic mass is 32.1. The van der Waals surface area contributed by atoms with E-state index in [0.29, 0.717) is 4.88 Å². The lowest BCUT2D eigenvalue weighted by Crippen LogP contribution is -2.17. The molecule has 0 aliphatic rings. The van der Waals surface area contributed by atoms with Gasteiger partial charge in [0.1, 0.15) is 4.92 Å². The van der Waals surface area contributed by atoms with Crippen LogP contribution in [0.4, 0.5) is 10.9 Å². The smallest absolute Gasteiger partial charge is 0.397 e. The third-order valence-corrected chi connectivity index (χ3v) is 3.73. The second-order valence-electron chi connectivity index (χ2n) is 4.45. The fourth-order valence-corrected chi connectivity index (χ4v) is 2.37. The fraction of sp³-hybridized carbons (Fsp3) is 0. The van der Waals surface area contributed by atoms with Gasteiger partial charge in [-0.25, -0.2) is 5.43 Å². The van der Waals surface area contributed by atoms with Gasteiger partial charge < -0.3 is 8.94 Å². The summed E-state index contributed by atoms with van der Waals surface area (Å²) in [6, 6.07) is 5.14. The fourth-order valence-electron chi connectivity index (χ4n) is 1.67. The summed E-state index contributed by atoms with van der Waals surface area (Å²) < 4.78 is 9.61. The Morgan fingerprint density at radius 3 is 2.69 bits per heavy atom. The van der Waals surface area contributed by atoms with Crippen molar-refractivity contribution in [3.63, 3.8) is 0 Å². The maximum absolute atomic E-state index is 11.8. The van der Waals surface area contributed by atoms with Gasteiger partial charge in [0.25, 0.3) is 0 Å². The summed E-state index contributed by atoms with van der Waals surface area (Å²) in [5.41, 5.74) is 2.11. The third-order valence-electron chi connectivity index (χ3n) is 2.76. The van der Waals surface area contributed by atoms with Crippen molar-refractivity contribution in [1.82, 2.24) is 15.6 Å². The highest BCUT2D eigenvalue weighted by Gasteiger charge is 2.20. The van der Waals surface area contributed by atoms with Gasteiger partial charge in [-0.05, 0) is 12.1 Å². The minimum atomic E-state index is -0.841. The van der Waals surface area contributed by atoms with Crippen LogP contribution in [0.1, 0.15) is 15.6 Å². The summed E-state index contributed by atoms with van der Waals surface area (Å²) in [6.07, 6.45) is 1.21. The Hall–Kier alpha value is -3.94. The standard InChI is InChI=1S/C12H6N6O7S/c19-11(15-13-5-6-1-4-9(26-6)18(22)23)12-14-10(16-25-12)7-2-3-8(24-7)17(20)21/h1-5H,(H,15,19)/b13-5-. The first-order chi connectivity index (χ1) is 12.4. The molecule has 3 rings (SSSR count). The number of carbonyl (C=O) groups excluding carboxylic acids is 1. The van der Waals surface area contributed by atoms with Crippen LogP contribution in [0.5, 0.6) is 0 Å². The van der Waals surface area contributed by atoms with Gasteiger partial charge in [-0.15, -0.1) is 0 Å². The van der Waals surface area contributed by atoms with Crippen LogP contribution in [-0.2, 0) is 0 Å². The quantitative estimate of drug-likeness (QED) is 0.381. The predicted octanol–water partition coefficient (Wildman–Crippen LogP) is 1.97. The van der Waals surface area contributed by atoms with Crippen molar-refractivity contribution < 1.29 is 23.6 Å².